The molecular formula is C13H19FN2O2S. The topological polar surface area (TPSA) is 55.2 Å². The maximum atomic E-state index is 13.2. The summed E-state index contributed by atoms with van der Waals surface area (Å²) in [5.41, 5.74) is 0.248. The van der Waals surface area contributed by atoms with Crippen molar-refractivity contribution in [2.24, 2.45) is 0 Å². The van der Waals surface area contributed by atoms with Gasteiger partial charge in [-0.05, 0) is 30.9 Å². The van der Waals surface area contributed by atoms with Crippen LogP contribution in [0, 0.1) is 15.9 Å². The van der Waals surface area contributed by atoms with E-state index < -0.39 is 10.7 Å². The van der Waals surface area contributed by atoms with Crippen LogP contribution in [-0.2, 0) is 0 Å². The summed E-state index contributed by atoms with van der Waals surface area (Å²) in [4.78, 5) is 10.0. The molecule has 0 fully saturated rings. The van der Waals surface area contributed by atoms with E-state index in [1.807, 2.05) is 11.8 Å². The fraction of sp³-hybridized carbons (Fsp3) is 0.538. The molecule has 6 heteroatoms. The lowest BCUT2D eigenvalue weighted by Gasteiger charge is -2.06. The second-order valence-electron chi connectivity index (χ2n) is 4.29. The van der Waals surface area contributed by atoms with Crippen LogP contribution < -0.4 is 5.32 Å². The van der Waals surface area contributed by atoms with E-state index in [-0.39, 0.29) is 5.69 Å². The zero-order chi connectivity index (χ0) is 14.1. The molecule has 0 amide bonds. The fourth-order valence-electron chi connectivity index (χ4n) is 1.74. The minimum Gasteiger partial charge on any atom is -0.385 e. The largest absolute Gasteiger partial charge is 0.385 e. The molecule has 0 saturated carbocycles. The van der Waals surface area contributed by atoms with Crippen molar-refractivity contribution in [2.75, 3.05) is 23.9 Å². The lowest BCUT2D eigenvalue weighted by Crippen LogP contribution is -2.02. The van der Waals surface area contributed by atoms with Gasteiger partial charge in [0.1, 0.15) is 5.82 Å². The minimum absolute atomic E-state index is 0.220. The predicted molar refractivity (Wildman–Crippen MR) is 78.4 cm³/mol. The molecule has 19 heavy (non-hydrogen) atoms. The summed E-state index contributed by atoms with van der Waals surface area (Å²) in [7, 11) is 0. The number of anilines is 1. The van der Waals surface area contributed by atoms with E-state index in [4.69, 9.17) is 0 Å². The summed E-state index contributed by atoms with van der Waals surface area (Å²) < 4.78 is 13.2. The number of thioether (sulfide) groups is 1. The Hall–Kier alpha value is -1.30. The van der Waals surface area contributed by atoms with Crippen molar-refractivity contribution in [3.63, 3.8) is 0 Å². The van der Waals surface area contributed by atoms with Crippen LogP contribution in [0.4, 0.5) is 15.8 Å². The molecule has 0 aliphatic rings. The first-order valence-corrected chi connectivity index (χ1v) is 7.70. The number of nitro groups is 1. The number of non-ortho nitro benzene ring substituents is 1. The lowest BCUT2D eigenvalue weighted by atomic mass is 10.2. The van der Waals surface area contributed by atoms with Gasteiger partial charge in [-0.25, -0.2) is 4.39 Å². The maximum absolute atomic E-state index is 13.2. The van der Waals surface area contributed by atoms with Crippen LogP contribution in [0.1, 0.15) is 25.7 Å². The molecule has 1 N–H and O–H groups in total. The van der Waals surface area contributed by atoms with E-state index in [2.05, 4.69) is 11.6 Å². The van der Waals surface area contributed by atoms with Crippen LogP contribution in [0.25, 0.3) is 0 Å². The Morgan fingerprint density at radius 2 is 2.00 bits per heavy atom. The van der Waals surface area contributed by atoms with Gasteiger partial charge in [-0.2, -0.15) is 11.8 Å². The molecule has 106 valence electrons. The van der Waals surface area contributed by atoms with Crippen molar-refractivity contribution >= 4 is 23.1 Å². The van der Waals surface area contributed by atoms with Gasteiger partial charge in [0.2, 0.25) is 0 Å². The number of nitrogens with zero attached hydrogens (tertiary/aromatic N) is 1. The van der Waals surface area contributed by atoms with Crippen LogP contribution in [-0.4, -0.2) is 23.5 Å². The lowest BCUT2D eigenvalue weighted by molar-refractivity contribution is -0.385. The van der Waals surface area contributed by atoms with Crippen molar-refractivity contribution in [1.82, 2.24) is 0 Å². The summed E-state index contributed by atoms with van der Waals surface area (Å²) in [6, 6.07) is 3.56. The number of unbranched alkanes of at least 4 members (excludes halogenated alkanes) is 3. The second-order valence-corrected chi connectivity index (χ2v) is 5.27. The number of rotatable bonds is 9. The van der Waals surface area contributed by atoms with Crippen LogP contribution in [0.3, 0.4) is 0 Å². The zero-order valence-electron chi connectivity index (χ0n) is 11.0. The van der Waals surface area contributed by atoms with Crippen molar-refractivity contribution in [2.45, 2.75) is 25.7 Å². The summed E-state index contributed by atoms with van der Waals surface area (Å²) in [5, 5.41) is 13.6. The highest BCUT2D eigenvalue weighted by Gasteiger charge is 2.09. The van der Waals surface area contributed by atoms with E-state index >= 15 is 0 Å². The van der Waals surface area contributed by atoms with Gasteiger partial charge in [0.05, 0.1) is 11.0 Å². The van der Waals surface area contributed by atoms with Gasteiger partial charge >= 0.3 is 0 Å². The average molecular weight is 286 g/mol. The predicted octanol–water partition coefficient (Wildman–Crippen LogP) is 4.07. The fourth-order valence-corrected chi connectivity index (χ4v) is 2.23. The molecule has 0 radical (unpaired) electrons. The number of halogens is 1. The molecule has 0 unspecified atom stereocenters. The normalized spacial score (nSPS) is 10.4. The average Bonchev–Trinajstić information content (AvgIpc) is 2.37. The van der Waals surface area contributed by atoms with Crippen LogP contribution >= 0.6 is 11.8 Å². The van der Waals surface area contributed by atoms with Crippen molar-refractivity contribution in [1.29, 1.82) is 0 Å². The number of hydrogen-bond donors (Lipinski definition) is 1. The van der Waals surface area contributed by atoms with Crippen LogP contribution in [0.15, 0.2) is 18.2 Å². The quantitative estimate of drug-likeness (QED) is 0.422. The van der Waals surface area contributed by atoms with E-state index in [0.29, 0.717) is 12.2 Å². The highest BCUT2D eigenvalue weighted by atomic mass is 32.2. The van der Waals surface area contributed by atoms with E-state index in [0.717, 1.165) is 18.9 Å². The van der Waals surface area contributed by atoms with Crippen molar-refractivity contribution < 1.29 is 9.31 Å². The molecule has 0 bridgehead atoms. The Kier molecular flexibility index (Phi) is 7.25. The Morgan fingerprint density at radius 3 is 2.68 bits per heavy atom. The standard InChI is InChI=1S/C13H19FN2O2S/c1-19-7-5-3-2-4-6-15-12-8-11(14)9-13(10-12)16(17)18/h8-10,15H,2-7H2,1H3. The molecule has 1 aromatic rings. The van der Waals surface area contributed by atoms with Gasteiger partial charge in [-0.15, -0.1) is 0 Å². The number of hydrogen-bond acceptors (Lipinski definition) is 4. The molecule has 4 nitrogen and oxygen atoms in total. The Labute approximate surface area is 116 Å². The summed E-state index contributed by atoms with van der Waals surface area (Å²) >= 11 is 1.85. The molecule has 0 aliphatic carbocycles. The smallest absolute Gasteiger partial charge is 0.274 e. The Morgan fingerprint density at radius 1 is 1.26 bits per heavy atom. The first kappa shape index (κ1) is 15.8. The molecule has 1 aromatic carbocycles. The summed E-state index contributed by atoms with van der Waals surface area (Å²) in [6.45, 7) is 0.708. The Balaban J connectivity index is 2.31. The SMILES string of the molecule is CSCCCCCCNc1cc(F)cc([N+](=O)[O-])c1. The van der Waals surface area contributed by atoms with Crippen LogP contribution in [0.2, 0.25) is 0 Å². The van der Waals surface area contributed by atoms with Gasteiger partial charge in [0, 0.05) is 18.3 Å². The molecule has 0 aromatic heterocycles. The third-order valence-electron chi connectivity index (χ3n) is 2.70. The van der Waals surface area contributed by atoms with Crippen molar-refractivity contribution in [3.8, 4) is 0 Å². The van der Waals surface area contributed by atoms with E-state index in [1.54, 1.807) is 0 Å². The molecule has 0 saturated heterocycles. The Bertz CT molecular complexity index is 416. The van der Waals surface area contributed by atoms with Gasteiger partial charge in [-0.1, -0.05) is 12.8 Å². The molecule has 1 rings (SSSR count). The van der Waals surface area contributed by atoms with Gasteiger partial charge in [0.25, 0.3) is 5.69 Å². The van der Waals surface area contributed by atoms with E-state index in [9.17, 15) is 14.5 Å². The number of nitrogens with one attached hydrogen (secondary N) is 1. The monoisotopic (exact) mass is 286 g/mol. The summed E-state index contributed by atoms with van der Waals surface area (Å²) in [5.74, 6) is 0.598. The van der Waals surface area contributed by atoms with Gasteiger partial charge < -0.3 is 5.32 Å². The van der Waals surface area contributed by atoms with Crippen LogP contribution in [0.5, 0.6) is 0 Å². The number of nitro benzene ring substituents is 1. The highest BCUT2D eigenvalue weighted by molar-refractivity contribution is 7.98. The highest BCUT2D eigenvalue weighted by Crippen LogP contribution is 2.20. The first-order valence-electron chi connectivity index (χ1n) is 6.31. The molecule has 0 heterocycles. The summed E-state index contributed by atoms with van der Waals surface area (Å²) in [6.07, 6.45) is 6.60. The maximum Gasteiger partial charge on any atom is 0.274 e. The first-order chi connectivity index (χ1) is 9.13. The molecule has 0 atom stereocenters. The van der Waals surface area contributed by atoms with E-state index in [1.165, 1.54) is 30.7 Å². The van der Waals surface area contributed by atoms with Gasteiger partial charge in [0.15, 0.2) is 0 Å². The third-order valence-corrected chi connectivity index (χ3v) is 3.39. The third kappa shape index (κ3) is 6.42. The number of benzene rings is 1. The molecular weight excluding hydrogens is 267 g/mol. The minimum atomic E-state index is -0.587. The zero-order valence-corrected chi connectivity index (χ0v) is 11.8. The van der Waals surface area contributed by atoms with Gasteiger partial charge in [-0.3, -0.25) is 10.1 Å². The second kappa shape index (κ2) is 8.74. The molecule has 0 aliphatic heterocycles. The molecule has 0 spiro atoms. The van der Waals surface area contributed by atoms with Crippen molar-refractivity contribution in [3.05, 3.63) is 34.1 Å².